The lowest BCUT2D eigenvalue weighted by Crippen LogP contribution is -2.51. The zero-order valence-corrected chi connectivity index (χ0v) is 13.9. The van der Waals surface area contributed by atoms with Crippen LogP contribution in [0.2, 0.25) is 0 Å². The summed E-state index contributed by atoms with van der Waals surface area (Å²) in [6, 6.07) is -1.04. The van der Waals surface area contributed by atoms with E-state index in [1.807, 2.05) is 6.92 Å². The Morgan fingerprint density at radius 3 is 2.67 bits per heavy atom. The molecule has 6 nitrogen and oxygen atoms in total. The Bertz CT molecular complexity index is 442. The van der Waals surface area contributed by atoms with Gasteiger partial charge in [-0.1, -0.05) is 6.92 Å². The number of thioether (sulfide) groups is 1. The number of hydrogen-bond acceptors (Lipinski definition) is 4. The van der Waals surface area contributed by atoms with Crippen LogP contribution in [0.15, 0.2) is 0 Å². The van der Waals surface area contributed by atoms with Gasteiger partial charge in [-0.3, -0.25) is 9.11 Å². The molecule has 2 fully saturated rings. The summed E-state index contributed by atoms with van der Waals surface area (Å²) in [5.41, 5.74) is 0. The molecule has 1 aliphatic carbocycles. The molecule has 0 spiro atoms. The zero-order valence-electron chi connectivity index (χ0n) is 12.3. The summed E-state index contributed by atoms with van der Waals surface area (Å²) in [5.74, 6) is -0.0461. The molecule has 4 atom stereocenters. The minimum absolute atomic E-state index is 0.0103. The Morgan fingerprint density at radius 1 is 1.48 bits per heavy atom. The van der Waals surface area contributed by atoms with Gasteiger partial charge in [0.25, 0.3) is 0 Å². The standard InChI is InChI=1S/C13H22N2O4S2/c1-8(21(2)19)5-6-14-13(18)15-10(12(16)17)7-20-11(15)9-3-4-9/h8-11H,3-7H2,1-2H3,(H,14,18)(H,16,17). The molecule has 120 valence electrons. The van der Waals surface area contributed by atoms with E-state index in [0.29, 0.717) is 24.6 Å². The van der Waals surface area contributed by atoms with Crippen LogP contribution >= 0.6 is 11.8 Å². The summed E-state index contributed by atoms with van der Waals surface area (Å²) in [7, 11) is -0.909. The number of rotatable bonds is 6. The zero-order chi connectivity index (χ0) is 15.6. The maximum Gasteiger partial charge on any atom is 0.327 e. The number of carboxylic acid groups (broad SMARTS) is 1. The van der Waals surface area contributed by atoms with E-state index >= 15 is 0 Å². The number of aliphatic carboxylic acids is 1. The lowest BCUT2D eigenvalue weighted by molar-refractivity contribution is -0.141. The topological polar surface area (TPSA) is 86.7 Å². The maximum absolute atomic E-state index is 12.3. The average molecular weight is 334 g/mol. The third-order valence-corrected chi connectivity index (χ3v) is 6.80. The lowest BCUT2D eigenvalue weighted by Gasteiger charge is -2.27. The van der Waals surface area contributed by atoms with Crippen LogP contribution in [0, 0.1) is 5.92 Å². The van der Waals surface area contributed by atoms with Gasteiger partial charge >= 0.3 is 12.0 Å². The Labute approximate surface area is 131 Å². The van der Waals surface area contributed by atoms with Crippen LogP contribution in [-0.4, -0.2) is 61.4 Å². The van der Waals surface area contributed by atoms with Gasteiger partial charge in [0.1, 0.15) is 6.04 Å². The number of carboxylic acids is 1. The fraction of sp³-hybridized carbons (Fsp3) is 0.846. The third kappa shape index (κ3) is 4.12. The molecule has 2 rings (SSSR count). The fourth-order valence-corrected chi connectivity index (χ4v) is 4.44. The first-order valence-corrected chi connectivity index (χ1v) is 9.81. The third-order valence-electron chi connectivity index (χ3n) is 3.97. The van der Waals surface area contributed by atoms with Crippen molar-refractivity contribution < 1.29 is 18.9 Å². The van der Waals surface area contributed by atoms with Crippen molar-refractivity contribution in [3.63, 3.8) is 0 Å². The molecular formula is C13H22N2O4S2. The molecule has 2 N–H and O–H groups in total. The van der Waals surface area contributed by atoms with Gasteiger partial charge in [-0.25, -0.2) is 9.59 Å². The minimum atomic E-state index is -0.941. The molecule has 2 aliphatic rings. The second-order valence-electron chi connectivity index (χ2n) is 5.65. The van der Waals surface area contributed by atoms with Crippen LogP contribution in [0.25, 0.3) is 0 Å². The molecule has 1 heterocycles. The first-order valence-electron chi connectivity index (χ1n) is 7.14. The van der Waals surface area contributed by atoms with Crippen LogP contribution in [0.5, 0.6) is 0 Å². The number of urea groups is 1. The Balaban J connectivity index is 1.91. The maximum atomic E-state index is 12.3. The molecule has 1 saturated carbocycles. The van der Waals surface area contributed by atoms with E-state index in [-0.39, 0.29) is 16.7 Å². The molecule has 1 saturated heterocycles. The summed E-state index contributed by atoms with van der Waals surface area (Å²) in [6.45, 7) is 2.30. The number of carbonyl (C=O) groups excluding carboxylic acids is 1. The van der Waals surface area contributed by atoms with Crippen LogP contribution in [0.3, 0.4) is 0 Å². The first kappa shape index (κ1) is 16.6. The molecule has 0 radical (unpaired) electrons. The molecule has 0 aromatic rings. The predicted molar refractivity (Wildman–Crippen MR) is 83.8 cm³/mol. The highest BCUT2D eigenvalue weighted by molar-refractivity contribution is 8.00. The smallest absolute Gasteiger partial charge is 0.327 e. The summed E-state index contributed by atoms with van der Waals surface area (Å²) < 4.78 is 11.3. The fourth-order valence-electron chi connectivity index (χ4n) is 2.36. The van der Waals surface area contributed by atoms with Gasteiger partial charge in [0, 0.05) is 34.6 Å². The number of amides is 2. The van der Waals surface area contributed by atoms with Crippen molar-refractivity contribution in [1.29, 1.82) is 0 Å². The van der Waals surface area contributed by atoms with Crippen LogP contribution in [0.1, 0.15) is 26.2 Å². The van der Waals surface area contributed by atoms with Gasteiger partial charge in [-0.2, -0.15) is 0 Å². The number of carbonyl (C=O) groups is 2. The minimum Gasteiger partial charge on any atom is -0.480 e. The molecule has 0 aromatic heterocycles. The lowest BCUT2D eigenvalue weighted by atomic mass is 10.2. The molecule has 8 heteroatoms. The van der Waals surface area contributed by atoms with Crippen molar-refractivity contribution in [2.75, 3.05) is 18.6 Å². The van der Waals surface area contributed by atoms with Crippen molar-refractivity contribution in [3.05, 3.63) is 0 Å². The largest absolute Gasteiger partial charge is 0.480 e. The predicted octanol–water partition coefficient (Wildman–Crippen LogP) is 1.09. The van der Waals surface area contributed by atoms with E-state index in [1.165, 1.54) is 4.90 Å². The van der Waals surface area contributed by atoms with E-state index < -0.39 is 22.8 Å². The van der Waals surface area contributed by atoms with Crippen molar-refractivity contribution in [3.8, 4) is 0 Å². The molecule has 2 amide bonds. The molecule has 0 aromatic carbocycles. The number of nitrogens with zero attached hydrogens (tertiary/aromatic N) is 1. The highest BCUT2D eigenvalue weighted by Gasteiger charge is 2.48. The van der Waals surface area contributed by atoms with Crippen molar-refractivity contribution in [2.45, 2.75) is 42.9 Å². The Hall–Kier alpha value is -0.760. The van der Waals surface area contributed by atoms with E-state index in [9.17, 15) is 18.9 Å². The van der Waals surface area contributed by atoms with E-state index in [4.69, 9.17) is 0 Å². The van der Waals surface area contributed by atoms with Crippen LogP contribution in [0.4, 0.5) is 4.79 Å². The van der Waals surface area contributed by atoms with E-state index in [2.05, 4.69) is 5.32 Å². The Kier molecular flexibility index (Phi) is 5.54. The number of hydrogen-bond donors (Lipinski definition) is 2. The quantitative estimate of drug-likeness (QED) is 0.759. The number of nitrogens with one attached hydrogen (secondary N) is 1. The van der Waals surface area contributed by atoms with Gasteiger partial charge in [0.05, 0.1) is 5.37 Å². The summed E-state index contributed by atoms with van der Waals surface area (Å²) >= 11 is 1.57. The van der Waals surface area contributed by atoms with Gasteiger partial charge in [-0.15, -0.1) is 11.8 Å². The normalized spacial score (nSPS) is 28.2. The van der Waals surface area contributed by atoms with Crippen molar-refractivity contribution >= 4 is 34.6 Å². The van der Waals surface area contributed by atoms with Gasteiger partial charge < -0.3 is 10.4 Å². The van der Waals surface area contributed by atoms with Crippen molar-refractivity contribution in [1.82, 2.24) is 10.2 Å². The molecule has 1 aliphatic heterocycles. The molecule has 4 unspecified atom stereocenters. The molecular weight excluding hydrogens is 312 g/mol. The highest BCUT2D eigenvalue weighted by atomic mass is 32.2. The SMILES string of the molecule is CC(CCNC(=O)N1C(C(=O)O)CSC1C1CC1)S(C)=O. The van der Waals surface area contributed by atoms with E-state index in [0.717, 1.165) is 12.8 Å². The summed E-state index contributed by atoms with van der Waals surface area (Å²) in [4.78, 5) is 25.1. The second-order valence-corrected chi connectivity index (χ2v) is 8.60. The summed E-state index contributed by atoms with van der Waals surface area (Å²) in [6.07, 6.45) is 4.41. The summed E-state index contributed by atoms with van der Waals surface area (Å²) in [5, 5.41) is 12.1. The van der Waals surface area contributed by atoms with Gasteiger partial charge in [0.2, 0.25) is 0 Å². The monoisotopic (exact) mass is 334 g/mol. The van der Waals surface area contributed by atoms with Gasteiger partial charge in [0.15, 0.2) is 0 Å². The van der Waals surface area contributed by atoms with E-state index in [1.54, 1.807) is 18.0 Å². The second kappa shape index (κ2) is 7.00. The van der Waals surface area contributed by atoms with Crippen molar-refractivity contribution in [2.24, 2.45) is 5.92 Å². The molecule has 0 bridgehead atoms. The van der Waals surface area contributed by atoms with Gasteiger partial charge in [-0.05, 0) is 25.2 Å². The molecule has 21 heavy (non-hydrogen) atoms. The average Bonchev–Trinajstić information content (AvgIpc) is 3.16. The van der Waals surface area contributed by atoms with Crippen LogP contribution < -0.4 is 5.32 Å². The first-order chi connectivity index (χ1) is 9.91. The Morgan fingerprint density at radius 2 is 2.14 bits per heavy atom. The highest BCUT2D eigenvalue weighted by Crippen LogP contribution is 2.45. The van der Waals surface area contributed by atoms with Crippen LogP contribution in [-0.2, 0) is 15.6 Å².